The van der Waals surface area contributed by atoms with E-state index in [4.69, 9.17) is 4.74 Å². The first-order valence-electron chi connectivity index (χ1n) is 10.2. The number of sulfonamides is 1. The van der Waals surface area contributed by atoms with E-state index < -0.39 is 10.0 Å². The van der Waals surface area contributed by atoms with Gasteiger partial charge in [-0.15, -0.1) is 0 Å². The molecule has 0 saturated carbocycles. The highest BCUT2D eigenvalue weighted by molar-refractivity contribution is 9.10. The van der Waals surface area contributed by atoms with Crippen molar-refractivity contribution in [2.45, 2.75) is 31.2 Å². The van der Waals surface area contributed by atoms with Crippen LogP contribution < -0.4 is 14.4 Å². The zero-order valence-corrected chi connectivity index (χ0v) is 20.1. The summed E-state index contributed by atoms with van der Waals surface area (Å²) in [6, 6.07) is 19.2. The van der Waals surface area contributed by atoms with Crippen molar-refractivity contribution in [1.29, 1.82) is 0 Å². The number of anilines is 2. The number of halogens is 1. The number of amides is 1. The smallest absolute Gasteiger partial charge is 0.265 e. The summed E-state index contributed by atoms with van der Waals surface area (Å²) in [4.78, 5) is 14.8. The van der Waals surface area contributed by atoms with E-state index in [1.807, 2.05) is 31.2 Å². The number of carbonyl (C=O) groups is 1. The van der Waals surface area contributed by atoms with Crippen molar-refractivity contribution < 1.29 is 17.9 Å². The number of nitrogens with one attached hydrogen (secondary N) is 1. The average molecular weight is 515 g/mol. The molecular weight excluding hydrogens is 492 g/mol. The fourth-order valence-electron chi connectivity index (χ4n) is 3.86. The molecule has 0 bridgehead atoms. The molecule has 1 atom stereocenters. The quantitative estimate of drug-likeness (QED) is 0.506. The highest BCUT2D eigenvalue weighted by Gasteiger charge is 2.31. The van der Waals surface area contributed by atoms with Crippen LogP contribution in [0.25, 0.3) is 0 Å². The molecule has 32 heavy (non-hydrogen) atoms. The first-order chi connectivity index (χ1) is 15.2. The monoisotopic (exact) mass is 514 g/mol. The molecule has 0 spiro atoms. The van der Waals surface area contributed by atoms with Crippen molar-refractivity contribution in [3.63, 3.8) is 0 Å². The summed E-state index contributed by atoms with van der Waals surface area (Å²) < 4.78 is 34.6. The van der Waals surface area contributed by atoms with Crippen molar-refractivity contribution in [3.05, 3.63) is 82.3 Å². The first-order valence-corrected chi connectivity index (χ1v) is 12.4. The number of nitrogens with zero attached hydrogens (tertiary/aromatic N) is 1. The van der Waals surface area contributed by atoms with E-state index in [0.717, 1.165) is 22.1 Å². The van der Waals surface area contributed by atoms with Crippen LogP contribution >= 0.6 is 15.9 Å². The normalized spacial score (nSPS) is 15.3. The van der Waals surface area contributed by atoms with E-state index in [9.17, 15) is 13.2 Å². The molecule has 1 heterocycles. The van der Waals surface area contributed by atoms with E-state index in [0.29, 0.717) is 17.0 Å². The van der Waals surface area contributed by atoms with Gasteiger partial charge in [0.15, 0.2) is 6.61 Å². The average Bonchev–Trinajstić information content (AvgIpc) is 3.07. The third kappa shape index (κ3) is 4.66. The number of fused-ring (bicyclic) bond motifs is 1. The van der Waals surface area contributed by atoms with Crippen LogP contribution in [0.5, 0.6) is 5.75 Å². The highest BCUT2D eigenvalue weighted by Crippen LogP contribution is 2.34. The predicted octanol–water partition coefficient (Wildman–Crippen LogP) is 4.91. The van der Waals surface area contributed by atoms with Crippen molar-refractivity contribution >= 4 is 43.2 Å². The number of para-hydroxylation sites is 1. The molecule has 3 aromatic rings. The molecule has 1 aliphatic rings. The maximum atomic E-state index is 12.9. The zero-order chi connectivity index (χ0) is 22.9. The van der Waals surface area contributed by atoms with Gasteiger partial charge in [0.05, 0.1) is 4.90 Å². The minimum atomic E-state index is -3.73. The molecular formula is C24H23BrN2O4S. The molecule has 0 fully saturated rings. The second kappa shape index (κ2) is 8.96. The SMILES string of the molecule is Cc1cc(S(=O)(=O)Nc2ccccc2)ccc1OCC(=O)N1c2ccc(Br)cc2CC1C. The molecule has 0 aromatic heterocycles. The predicted molar refractivity (Wildman–Crippen MR) is 129 cm³/mol. The van der Waals surface area contributed by atoms with Gasteiger partial charge in [0, 0.05) is 21.9 Å². The van der Waals surface area contributed by atoms with Crippen LogP contribution in [0.15, 0.2) is 76.1 Å². The van der Waals surface area contributed by atoms with Gasteiger partial charge >= 0.3 is 0 Å². The Balaban J connectivity index is 1.45. The molecule has 8 heteroatoms. The van der Waals surface area contributed by atoms with Crippen molar-refractivity contribution in [2.24, 2.45) is 0 Å². The van der Waals surface area contributed by atoms with E-state index in [2.05, 4.69) is 20.7 Å². The van der Waals surface area contributed by atoms with Gasteiger partial charge in [-0.1, -0.05) is 34.1 Å². The molecule has 1 N–H and O–H groups in total. The topological polar surface area (TPSA) is 75.7 Å². The number of benzene rings is 3. The third-order valence-corrected chi connectivity index (χ3v) is 7.23. The summed E-state index contributed by atoms with van der Waals surface area (Å²) in [5.41, 5.74) is 3.15. The van der Waals surface area contributed by atoms with E-state index >= 15 is 0 Å². The Kier molecular flexibility index (Phi) is 6.26. The van der Waals surface area contributed by atoms with Crippen LogP contribution in [0.3, 0.4) is 0 Å². The van der Waals surface area contributed by atoms with Crippen LogP contribution in [0.1, 0.15) is 18.1 Å². The van der Waals surface area contributed by atoms with Gasteiger partial charge in [-0.05, 0) is 79.9 Å². The molecule has 1 aliphatic heterocycles. The maximum Gasteiger partial charge on any atom is 0.265 e. The Labute approximate surface area is 196 Å². The van der Waals surface area contributed by atoms with Gasteiger partial charge < -0.3 is 9.64 Å². The van der Waals surface area contributed by atoms with Gasteiger partial charge in [0.25, 0.3) is 15.9 Å². The Morgan fingerprint density at radius 2 is 1.88 bits per heavy atom. The highest BCUT2D eigenvalue weighted by atomic mass is 79.9. The van der Waals surface area contributed by atoms with Gasteiger partial charge in [-0.3, -0.25) is 9.52 Å². The molecule has 166 valence electrons. The second-order valence-electron chi connectivity index (χ2n) is 7.78. The fraction of sp³-hybridized carbons (Fsp3) is 0.208. The van der Waals surface area contributed by atoms with Crippen molar-refractivity contribution in [1.82, 2.24) is 0 Å². The molecule has 0 aliphatic carbocycles. The minimum Gasteiger partial charge on any atom is -0.483 e. The third-order valence-electron chi connectivity index (χ3n) is 5.36. The van der Waals surface area contributed by atoms with Crippen molar-refractivity contribution in [2.75, 3.05) is 16.2 Å². The van der Waals surface area contributed by atoms with E-state index in [1.54, 1.807) is 42.2 Å². The van der Waals surface area contributed by atoms with Crippen LogP contribution in [-0.4, -0.2) is 27.0 Å². The van der Waals surface area contributed by atoms with Gasteiger partial charge in [-0.25, -0.2) is 8.42 Å². The fourth-order valence-corrected chi connectivity index (χ4v) is 5.41. The van der Waals surface area contributed by atoms with E-state index in [-0.39, 0.29) is 23.5 Å². The molecule has 1 unspecified atom stereocenters. The Morgan fingerprint density at radius 1 is 1.12 bits per heavy atom. The number of carbonyl (C=O) groups excluding carboxylic acids is 1. The maximum absolute atomic E-state index is 12.9. The number of ether oxygens (including phenoxy) is 1. The number of aryl methyl sites for hydroxylation is 1. The lowest BCUT2D eigenvalue weighted by molar-refractivity contribution is -0.120. The van der Waals surface area contributed by atoms with E-state index in [1.165, 1.54) is 12.1 Å². The lowest BCUT2D eigenvalue weighted by Gasteiger charge is -2.23. The van der Waals surface area contributed by atoms with Gasteiger partial charge in [0.1, 0.15) is 5.75 Å². The lowest BCUT2D eigenvalue weighted by Crippen LogP contribution is -2.39. The zero-order valence-electron chi connectivity index (χ0n) is 17.7. The molecule has 0 saturated heterocycles. The summed E-state index contributed by atoms with van der Waals surface area (Å²) in [5, 5.41) is 0. The van der Waals surface area contributed by atoms with Crippen LogP contribution in [0.4, 0.5) is 11.4 Å². The summed E-state index contributed by atoms with van der Waals surface area (Å²) in [7, 11) is -3.73. The summed E-state index contributed by atoms with van der Waals surface area (Å²) in [6.07, 6.45) is 0.792. The largest absolute Gasteiger partial charge is 0.483 e. The van der Waals surface area contributed by atoms with Crippen LogP contribution in [-0.2, 0) is 21.2 Å². The molecule has 0 radical (unpaired) electrons. The second-order valence-corrected chi connectivity index (χ2v) is 10.4. The summed E-state index contributed by atoms with van der Waals surface area (Å²) in [6.45, 7) is 3.64. The van der Waals surface area contributed by atoms with Crippen LogP contribution in [0, 0.1) is 6.92 Å². The van der Waals surface area contributed by atoms with Gasteiger partial charge in [-0.2, -0.15) is 0 Å². The Bertz CT molecular complexity index is 1260. The number of rotatable bonds is 6. The summed E-state index contributed by atoms with van der Waals surface area (Å²) >= 11 is 3.47. The van der Waals surface area contributed by atoms with Gasteiger partial charge in [0.2, 0.25) is 0 Å². The molecule has 3 aromatic carbocycles. The first kappa shape index (κ1) is 22.4. The van der Waals surface area contributed by atoms with Crippen molar-refractivity contribution in [3.8, 4) is 5.75 Å². The lowest BCUT2D eigenvalue weighted by atomic mass is 10.1. The van der Waals surface area contributed by atoms with Crippen LogP contribution in [0.2, 0.25) is 0 Å². The number of hydrogen-bond donors (Lipinski definition) is 1. The Hall–Kier alpha value is -2.84. The molecule has 4 rings (SSSR count). The summed E-state index contributed by atoms with van der Waals surface area (Å²) in [5.74, 6) is 0.334. The Morgan fingerprint density at radius 3 is 2.59 bits per heavy atom. The molecule has 6 nitrogen and oxygen atoms in total. The standard InChI is InChI=1S/C24H23BrN2O4S/c1-16-12-21(32(29,30)26-20-6-4-3-5-7-20)9-11-23(16)31-15-24(28)27-17(2)13-18-14-19(25)8-10-22(18)27/h3-12,14,17,26H,13,15H2,1-2H3. The number of hydrogen-bond acceptors (Lipinski definition) is 4. The molecule has 1 amide bonds. The minimum absolute atomic E-state index is 0.0491.